The number of methoxy groups -OCH3 is 1. The number of ether oxygens (including phenoxy) is 2. The van der Waals surface area contributed by atoms with Crippen LogP contribution in [0.2, 0.25) is 0 Å². The zero-order valence-corrected chi connectivity index (χ0v) is 13.7. The third-order valence-electron chi connectivity index (χ3n) is 3.88. The van der Waals surface area contributed by atoms with Crippen LogP contribution in [-0.4, -0.2) is 43.8 Å². The van der Waals surface area contributed by atoms with Gasteiger partial charge in [-0.15, -0.1) is 0 Å². The smallest absolute Gasteiger partial charge is 0.318 e. The number of benzene rings is 1. The molecule has 122 valence electrons. The molecular formula is C17H26N2O3. The van der Waals surface area contributed by atoms with Crippen LogP contribution in [0.25, 0.3) is 0 Å². The van der Waals surface area contributed by atoms with Crippen LogP contribution in [-0.2, 0) is 4.74 Å². The highest BCUT2D eigenvalue weighted by atomic mass is 16.5. The standard InChI is InChI=1S/C17H26N2O3/c1-4-22-15-9-7-14(8-10-15)16-6-5-11-19(16)17(20)18-13(2)12-21-3/h7-10,13,16H,4-6,11-12H2,1-3H3,(H,18,20). The maximum Gasteiger partial charge on any atom is 0.318 e. The first-order chi connectivity index (χ1) is 10.7. The Bertz CT molecular complexity index is 475. The fourth-order valence-corrected chi connectivity index (χ4v) is 2.89. The highest BCUT2D eigenvalue weighted by molar-refractivity contribution is 5.75. The number of carbonyl (C=O) groups is 1. The van der Waals surface area contributed by atoms with Crippen LogP contribution in [0.3, 0.4) is 0 Å². The molecule has 0 aromatic heterocycles. The maximum atomic E-state index is 12.4. The monoisotopic (exact) mass is 306 g/mol. The van der Waals surface area contributed by atoms with Gasteiger partial charge in [0.05, 0.1) is 25.3 Å². The van der Waals surface area contributed by atoms with Crippen molar-refractivity contribution < 1.29 is 14.3 Å². The van der Waals surface area contributed by atoms with Crippen molar-refractivity contribution in [2.45, 2.75) is 38.8 Å². The molecule has 0 saturated carbocycles. The van der Waals surface area contributed by atoms with Gasteiger partial charge in [0.2, 0.25) is 0 Å². The SMILES string of the molecule is CCOc1ccc(C2CCCN2C(=O)NC(C)COC)cc1. The molecule has 1 N–H and O–H groups in total. The van der Waals surface area contributed by atoms with Gasteiger partial charge in [0.15, 0.2) is 0 Å². The quantitative estimate of drug-likeness (QED) is 0.879. The van der Waals surface area contributed by atoms with Crippen molar-refractivity contribution in [2.75, 3.05) is 26.9 Å². The largest absolute Gasteiger partial charge is 0.494 e. The molecule has 0 bridgehead atoms. The van der Waals surface area contributed by atoms with Gasteiger partial charge in [-0.1, -0.05) is 12.1 Å². The summed E-state index contributed by atoms with van der Waals surface area (Å²) >= 11 is 0. The molecule has 1 heterocycles. The molecule has 1 aromatic carbocycles. The maximum absolute atomic E-state index is 12.4. The van der Waals surface area contributed by atoms with E-state index in [-0.39, 0.29) is 18.1 Å². The fraction of sp³-hybridized carbons (Fsp3) is 0.588. The zero-order valence-electron chi connectivity index (χ0n) is 13.7. The normalized spacial score (nSPS) is 19.0. The summed E-state index contributed by atoms with van der Waals surface area (Å²) in [7, 11) is 1.64. The van der Waals surface area contributed by atoms with E-state index in [1.165, 1.54) is 0 Å². The number of nitrogens with zero attached hydrogens (tertiary/aromatic N) is 1. The molecule has 2 amide bonds. The zero-order chi connectivity index (χ0) is 15.9. The topological polar surface area (TPSA) is 50.8 Å². The van der Waals surface area contributed by atoms with E-state index in [1.54, 1.807) is 7.11 Å². The molecule has 1 aromatic rings. The summed E-state index contributed by atoms with van der Waals surface area (Å²) in [5, 5.41) is 2.99. The molecule has 1 aliphatic rings. The highest BCUT2D eigenvalue weighted by Gasteiger charge is 2.30. The molecule has 2 atom stereocenters. The lowest BCUT2D eigenvalue weighted by molar-refractivity contribution is 0.157. The molecular weight excluding hydrogens is 280 g/mol. The number of urea groups is 1. The van der Waals surface area contributed by atoms with Crippen LogP contribution in [0.5, 0.6) is 5.75 Å². The van der Waals surface area contributed by atoms with Crippen molar-refractivity contribution in [1.82, 2.24) is 10.2 Å². The molecule has 1 aliphatic heterocycles. The molecule has 0 aliphatic carbocycles. The molecule has 2 unspecified atom stereocenters. The fourth-order valence-electron chi connectivity index (χ4n) is 2.89. The van der Waals surface area contributed by atoms with Crippen LogP contribution in [0, 0.1) is 0 Å². The molecule has 1 fully saturated rings. The molecule has 0 spiro atoms. The predicted octanol–water partition coefficient (Wildman–Crippen LogP) is 2.97. The van der Waals surface area contributed by atoms with E-state index in [2.05, 4.69) is 17.4 Å². The molecule has 2 rings (SSSR count). The lowest BCUT2D eigenvalue weighted by atomic mass is 10.0. The van der Waals surface area contributed by atoms with Gasteiger partial charge in [-0.3, -0.25) is 0 Å². The summed E-state index contributed by atoms with van der Waals surface area (Å²) in [5.74, 6) is 0.869. The average molecular weight is 306 g/mol. The van der Waals surface area contributed by atoms with Gasteiger partial charge in [0.1, 0.15) is 5.75 Å². The van der Waals surface area contributed by atoms with Crippen molar-refractivity contribution in [3.8, 4) is 5.75 Å². The predicted molar refractivity (Wildman–Crippen MR) is 86.2 cm³/mol. The van der Waals surface area contributed by atoms with Crippen LogP contribution in [0.4, 0.5) is 4.79 Å². The lowest BCUT2D eigenvalue weighted by Crippen LogP contribution is -2.44. The lowest BCUT2D eigenvalue weighted by Gasteiger charge is -2.27. The minimum absolute atomic E-state index is 0.0130. The number of carbonyl (C=O) groups excluding carboxylic acids is 1. The van der Waals surface area contributed by atoms with Gasteiger partial charge in [-0.25, -0.2) is 4.79 Å². The van der Waals surface area contributed by atoms with Gasteiger partial charge < -0.3 is 19.7 Å². The van der Waals surface area contributed by atoms with E-state index >= 15 is 0 Å². The summed E-state index contributed by atoms with van der Waals surface area (Å²) in [5.41, 5.74) is 1.16. The third-order valence-corrected chi connectivity index (χ3v) is 3.88. The van der Waals surface area contributed by atoms with Gasteiger partial charge in [0.25, 0.3) is 0 Å². The second-order valence-corrected chi connectivity index (χ2v) is 5.66. The summed E-state index contributed by atoms with van der Waals surface area (Å²) in [6.07, 6.45) is 2.03. The first kappa shape index (κ1) is 16.6. The molecule has 1 saturated heterocycles. The second kappa shape index (κ2) is 8.03. The summed E-state index contributed by atoms with van der Waals surface area (Å²) in [4.78, 5) is 14.3. The van der Waals surface area contributed by atoms with Crippen LogP contribution >= 0.6 is 0 Å². The Kier molecular flexibility index (Phi) is 6.07. The Labute approximate surface area is 132 Å². The second-order valence-electron chi connectivity index (χ2n) is 5.66. The van der Waals surface area contributed by atoms with Crippen molar-refractivity contribution >= 4 is 6.03 Å². The number of rotatable bonds is 6. The minimum atomic E-state index is -0.0130. The molecule has 5 nitrogen and oxygen atoms in total. The Hall–Kier alpha value is -1.75. The molecule has 5 heteroatoms. The number of likely N-dealkylation sites (tertiary alicyclic amines) is 1. The Balaban J connectivity index is 2.01. The average Bonchev–Trinajstić information content (AvgIpc) is 2.98. The first-order valence-electron chi connectivity index (χ1n) is 7.94. The van der Waals surface area contributed by atoms with Crippen molar-refractivity contribution in [3.63, 3.8) is 0 Å². The van der Waals surface area contributed by atoms with E-state index in [0.29, 0.717) is 13.2 Å². The van der Waals surface area contributed by atoms with E-state index in [9.17, 15) is 4.79 Å². The van der Waals surface area contributed by atoms with Crippen molar-refractivity contribution in [3.05, 3.63) is 29.8 Å². The van der Waals surface area contributed by atoms with Crippen LogP contribution in [0.15, 0.2) is 24.3 Å². The van der Waals surface area contributed by atoms with Gasteiger partial charge in [-0.2, -0.15) is 0 Å². The first-order valence-corrected chi connectivity index (χ1v) is 7.94. The van der Waals surface area contributed by atoms with Crippen LogP contribution in [0.1, 0.15) is 38.3 Å². The summed E-state index contributed by atoms with van der Waals surface area (Å²) in [6.45, 7) is 5.90. The van der Waals surface area contributed by atoms with E-state index in [4.69, 9.17) is 9.47 Å². The van der Waals surface area contributed by atoms with Gasteiger partial charge in [0, 0.05) is 13.7 Å². The Morgan fingerprint density at radius 2 is 2.14 bits per heavy atom. The minimum Gasteiger partial charge on any atom is -0.494 e. The van der Waals surface area contributed by atoms with Crippen LogP contribution < -0.4 is 10.1 Å². The summed E-state index contributed by atoms with van der Waals surface area (Å²) < 4.78 is 10.5. The van der Waals surface area contributed by atoms with E-state index < -0.39 is 0 Å². The third kappa shape index (κ3) is 4.13. The van der Waals surface area contributed by atoms with E-state index in [1.807, 2.05) is 30.9 Å². The van der Waals surface area contributed by atoms with Gasteiger partial charge >= 0.3 is 6.03 Å². The van der Waals surface area contributed by atoms with Crippen molar-refractivity contribution in [1.29, 1.82) is 0 Å². The number of hydrogen-bond donors (Lipinski definition) is 1. The Morgan fingerprint density at radius 3 is 2.77 bits per heavy atom. The van der Waals surface area contributed by atoms with E-state index in [0.717, 1.165) is 30.7 Å². The van der Waals surface area contributed by atoms with Gasteiger partial charge in [-0.05, 0) is 44.4 Å². The van der Waals surface area contributed by atoms with Crippen molar-refractivity contribution in [2.24, 2.45) is 0 Å². The number of nitrogens with one attached hydrogen (secondary N) is 1. The molecule has 0 radical (unpaired) electrons. The summed E-state index contributed by atoms with van der Waals surface area (Å²) in [6, 6.07) is 8.20. The number of amides is 2. The highest BCUT2D eigenvalue weighted by Crippen LogP contribution is 2.32. The molecule has 22 heavy (non-hydrogen) atoms. The Morgan fingerprint density at radius 1 is 1.41 bits per heavy atom. The number of hydrogen-bond acceptors (Lipinski definition) is 3.